The topological polar surface area (TPSA) is 59.0 Å². The standard InChI is InChI=1S/C17H19ClF2N4OS/c1-24-15(22-16(25)21-10-7-17(19,20)8-10)13(9-3-2-4-9)14(23-24)11-5-6-12(18)26-11/h5-6,9-10H,2-4,7-8H2,1H3,(H2,21,22,25). The van der Waals surface area contributed by atoms with Crippen LogP contribution in [0.4, 0.5) is 19.4 Å². The van der Waals surface area contributed by atoms with Crippen LogP contribution in [0.5, 0.6) is 0 Å². The zero-order chi connectivity index (χ0) is 18.5. The molecule has 2 heterocycles. The van der Waals surface area contributed by atoms with Gasteiger partial charge in [-0.25, -0.2) is 13.6 Å². The fraction of sp³-hybridized carbons (Fsp3) is 0.529. The molecule has 2 aliphatic rings. The number of urea groups is 1. The molecule has 140 valence electrons. The molecule has 0 bridgehead atoms. The first kappa shape index (κ1) is 17.7. The van der Waals surface area contributed by atoms with Crippen LogP contribution in [0.1, 0.15) is 43.6 Å². The van der Waals surface area contributed by atoms with Gasteiger partial charge in [-0.1, -0.05) is 18.0 Å². The van der Waals surface area contributed by atoms with Gasteiger partial charge in [-0.3, -0.25) is 10.00 Å². The Kier molecular flexibility index (Phi) is 4.43. The number of nitrogens with one attached hydrogen (secondary N) is 2. The molecule has 0 unspecified atom stereocenters. The third-order valence-electron chi connectivity index (χ3n) is 5.06. The van der Waals surface area contributed by atoms with Crippen LogP contribution >= 0.6 is 22.9 Å². The van der Waals surface area contributed by atoms with Gasteiger partial charge in [0.25, 0.3) is 5.92 Å². The Morgan fingerprint density at radius 1 is 1.38 bits per heavy atom. The number of aromatic nitrogens is 2. The molecular formula is C17H19ClF2N4OS. The van der Waals surface area contributed by atoms with Gasteiger partial charge in [-0.2, -0.15) is 5.10 Å². The van der Waals surface area contributed by atoms with Crippen LogP contribution in [0.25, 0.3) is 10.6 Å². The van der Waals surface area contributed by atoms with E-state index in [4.69, 9.17) is 11.6 Å². The van der Waals surface area contributed by atoms with Crippen molar-refractivity contribution in [1.82, 2.24) is 15.1 Å². The highest BCUT2D eigenvalue weighted by Crippen LogP contribution is 2.46. The van der Waals surface area contributed by atoms with Crippen LogP contribution in [-0.4, -0.2) is 27.8 Å². The molecule has 2 aromatic heterocycles. The van der Waals surface area contributed by atoms with Gasteiger partial charge < -0.3 is 5.32 Å². The van der Waals surface area contributed by atoms with E-state index in [0.717, 1.165) is 35.4 Å². The summed E-state index contributed by atoms with van der Waals surface area (Å²) >= 11 is 7.52. The summed E-state index contributed by atoms with van der Waals surface area (Å²) in [5, 5.41) is 10.0. The van der Waals surface area contributed by atoms with E-state index in [2.05, 4.69) is 15.7 Å². The molecule has 0 aliphatic heterocycles. The van der Waals surface area contributed by atoms with Crippen molar-refractivity contribution in [1.29, 1.82) is 0 Å². The molecule has 9 heteroatoms. The van der Waals surface area contributed by atoms with E-state index in [1.54, 1.807) is 11.7 Å². The predicted octanol–water partition coefficient (Wildman–Crippen LogP) is 4.99. The smallest absolute Gasteiger partial charge is 0.320 e. The van der Waals surface area contributed by atoms with Gasteiger partial charge in [0, 0.05) is 31.5 Å². The summed E-state index contributed by atoms with van der Waals surface area (Å²) in [6.45, 7) is 0. The summed E-state index contributed by atoms with van der Waals surface area (Å²) in [4.78, 5) is 13.2. The van der Waals surface area contributed by atoms with Crippen molar-refractivity contribution in [3.8, 4) is 10.6 Å². The second-order valence-corrected chi connectivity index (χ2v) is 8.74. The first-order valence-corrected chi connectivity index (χ1v) is 9.80. The van der Waals surface area contributed by atoms with Crippen molar-refractivity contribution < 1.29 is 13.6 Å². The van der Waals surface area contributed by atoms with E-state index in [1.165, 1.54) is 11.3 Å². The van der Waals surface area contributed by atoms with E-state index in [-0.39, 0.29) is 12.8 Å². The molecule has 2 aliphatic carbocycles. The summed E-state index contributed by atoms with van der Waals surface area (Å²) in [5.74, 6) is -1.70. The van der Waals surface area contributed by atoms with E-state index in [1.807, 2.05) is 12.1 Å². The maximum Gasteiger partial charge on any atom is 0.320 e. The Morgan fingerprint density at radius 3 is 2.65 bits per heavy atom. The molecule has 26 heavy (non-hydrogen) atoms. The van der Waals surface area contributed by atoms with Crippen molar-refractivity contribution in [2.45, 2.75) is 50.0 Å². The van der Waals surface area contributed by atoms with Crippen molar-refractivity contribution in [3.05, 3.63) is 22.0 Å². The molecule has 2 amide bonds. The molecule has 0 spiro atoms. The lowest BCUT2D eigenvalue weighted by Crippen LogP contribution is -2.51. The van der Waals surface area contributed by atoms with Crippen LogP contribution in [-0.2, 0) is 7.05 Å². The number of amides is 2. The van der Waals surface area contributed by atoms with Crippen LogP contribution in [0.3, 0.4) is 0 Å². The summed E-state index contributed by atoms with van der Waals surface area (Å²) in [5.41, 5.74) is 1.84. The highest BCUT2D eigenvalue weighted by atomic mass is 35.5. The fourth-order valence-electron chi connectivity index (χ4n) is 3.49. The number of halogens is 3. The fourth-order valence-corrected chi connectivity index (χ4v) is 4.53. The Balaban J connectivity index is 1.57. The summed E-state index contributed by atoms with van der Waals surface area (Å²) in [6, 6.07) is 2.81. The number of anilines is 1. The maximum absolute atomic E-state index is 13.0. The predicted molar refractivity (Wildman–Crippen MR) is 98.2 cm³/mol. The Bertz CT molecular complexity index is 838. The molecule has 0 saturated heterocycles. The first-order chi connectivity index (χ1) is 12.3. The van der Waals surface area contributed by atoms with Crippen LogP contribution in [0, 0.1) is 0 Å². The monoisotopic (exact) mass is 400 g/mol. The minimum absolute atomic E-state index is 0.305. The molecular weight excluding hydrogens is 382 g/mol. The number of carbonyl (C=O) groups excluding carboxylic acids is 1. The lowest BCUT2D eigenvalue weighted by Gasteiger charge is -2.35. The Hall–Kier alpha value is -1.67. The van der Waals surface area contributed by atoms with Crippen LogP contribution in [0.2, 0.25) is 4.34 Å². The van der Waals surface area contributed by atoms with E-state index in [9.17, 15) is 13.6 Å². The van der Waals surface area contributed by atoms with Crippen LogP contribution < -0.4 is 10.6 Å². The second kappa shape index (κ2) is 6.49. The molecule has 2 fully saturated rings. The van der Waals surface area contributed by atoms with E-state index >= 15 is 0 Å². The van der Waals surface area contributed by atoms with Gasteiger partial charge in [0.1, 0.15) is 11.5 Å². The van der Waals surface area contributed by atoms with Crippen molar-refractivity contribution in [2.24, 2.45) is 7.05 Å². The van der Waals surface area contributed by atoms with Gasteiger partial charge in [0.15, 0.2) is 0 Å². The maximum atomic E-state index is 13.0. The number of hydrogen-bond donors (Lipinski definition) is 2. The number of nitrogens with zero attached hydrogens (tertiary/aromatic N) is 2. The SMILES string of the molecule is Cn1nc(-c2ccc(Cl)s2)c(C2CCC2)c1NC(=O)NC1CC(F)(F)C1. The lowest BCUT2D eigenvalue weighted by molar-refractivity contribution is -0.0893. The Labute approximate surface area is 158 Å². The van der Waals surface area contributed by atoms with Gasteiger partial charge in [0.2, 0.25) is 0 Å². The van der Waals surface area contributed by atoms with Crippen molar-refractivity contribution >= 4 is 34.8 Å². The highest BCUT2D eigenvalue weighted by Gasteiger charge is 2.46. The van der Waals surface area contributed by atoms with Crippen molar-refractivity contribution in [3.63, 3.8) is 0 Å². The zero-order valence-corrected chi connectivity index (χ0v) is 15.8. The molecule has 2 aromatic rings. The van der Waals surface area contributed by atoms with Gasteiger partial charge in [-0.05, 0) is 30.9 Å². The highest BCUT2D eigenvalue weighted by molar-refractivity contribution is 7.19. The van der Waals surface area contributed by atoms with Gasteiger partial charge >= 0.3 is 6.03 Å². The third-order valence-corrected chi connectivity index (χ3v) is 6.30. The molecule has 4 rings (SSSR count). The van der Waals surface area contributed by atoms with Crippen molar-refractivity contribution in [2.75, 3.05) is 5.32 Å². The lowest BCUT2D eigenvalue weighted by atomic mass is 9.79. The Morgan fingerprint density at radius 2 is 2.12 bits per heavy atom. The van der Waals surface area contributed by atoms with Gasteiger partial charge in [-0.15, -0.1) is 11.3 Å². The number of alkyl halides is 2. The molecule has 5 nitrogen and oxygen atoms in total. The average molecular weight is 401 g/mol. The molecule has 2 N–H and O–H groups in total. The summed E-state index contributed by atoms with van der Waals surface area (Å²) in [6.07, 6.45) is 2.62. The third kappa shape index (κ3) is 3.32. The number of rotatable bonds is 4. The quantitative estimate of drug-likeness (QED) is 0.759. The minimum Gasteiger partial charge on any atom is -0.335 e. The van der Waals surface area contributed by atoms with Crippen LogP contribution in [0.15, 0.2) is 12.1 Å². The van der Waals surface area contributed by atoms with E-state index in [0.29, 0.717) is 16.1 Å². The molecule has 2 saturated carbocycles. The zero-order valence-electron chi connectivity index (χ0n) is 14.2. The first-order valence-electron chi connectivity index (χ1n) is 8.60. The normalized spacial score (nSPS) is 19.7. The molecule has 0 radical (unpaired) electrons. The summed E-state index contributed by atoms with van der Waals surface area (Å²) < 4.78 is 28.2. The average Bonchev–Trinajstić information content (AvgIpc) is 3.02. The minimum atomic E-state index is -2.66. The van der Waals surface area contributed by atoms with E-state index < -0.39 is 18.0 Å². The number of carbonyl (C=O) groups is 1. The molecule has 0 atom stereocenters. The number of thiophene rings is 1. The second-order valence-electron chi connectivity index (χ2n) is 7.03. The number of aryl methyl sites for hydroxylation is 1. The summed E-state index contributed by atoms with van der Waals surface area (Å²) in [7, 11) is 1.77. The molecule has 0 aromatic carbocycles. The largest absolute Gasteiger partial charge is 0.335 e. The van der Waals surface area contributed by atoms with Gasteiger partial charge in [0.05, 0.1) is 9.21 Å². The number of hydrogen-bond acceptors (Lipinski definition) is 3.